The first-order chi connectivity index (χ1) is 6.27. The molecular weight excluding hydrogens is 186 g/mol. The van der Waals surface area contributed by atoms with E-state index in [2.05, 4.69) is 12.2 Å². The molecule has 0 unspecified atom stereocenters. The van der Waals surface area contributed by atoms with Gasteiger partial charge in [-0.05, 0) is 18.3 Å². The molecule has 0 aromatic carbocycles. The molecule has 0 amide bonds. The van der Waals surface area contributed by atoms with E-state index in [0.717, 1.165) is 39.1 Å². The van der Waals surface area contributed by atoms with E-state index in [1.54, 1.807) is 5.54 Å². The van der Waals surface area contributed by atoms with Gasteiger partial charge in [-0.3, -0.25) is 0 Å². The molecule has 0 aromatic rings. The molecule has 1 heterocycles. The van der Waals surface area contributed by atoms with Gasteiger partial charge in [0.05, 0.1) is 0 Å². The predicted octanol–water partition coefficient (Wildman–Crippen LogP) is 2.15. The van der Waals surface area contributed by atoms with Gasteiger partial charge >= 0.3 is 0 Å². The van der Waals surface area contributed by atoms with E-state index in [0.29, 0.717) is 5.41 Å². The Bertz CT molecular complexity index is 164. The van der Waals surface area contributed by atoms with Crippen LogP contribution in [0.4, 0.5) is 0 Å². The molecule has 13 heavy (non-hydrogen) atoms. The van der Waals surface area contributed by atoms with Crippen molar-refractivity contribution in [1.82, 2.24) is 5.32 Å². The molecule has 0 saturated carbocycles. The molecule has 0 aliphatic carbocycles. The minimum absolute atomic E-state index is 0.415. The van der Waals surface area contributed by atoms with Crippen molar-refractivity contribution in [2.24, 2.45) is 5.41 Å². The van der Waals surface area contributed by atoms with E-state index in [4.69, 9.17) is 16.3 Å². The van der Waals surface area contributed by atoms with E-state index in [9.17, 15) is 0 Å². The second kappa shape index (κ2) is 5.63. The number of hydrogen-bond acceptors (Lipinski definition) is 2. The Morgan fingerprint density at radius 2 is 2.15 bits per heavy atom. The Kier molecular flexibility index (Phi) is 4.78. The van der Waals surface area contributed by atoms with Crippen molar-refractivity contribution in [2.75, 3.05) is 26.3 Å². The van der Waals surface area contributed by atoms with Crippen molar-refractivity contribution < 1.29 is 4.74 Å². The SMILES string of the molecule is CC1(CNC/C=C/Cl)CCOCC1. The Morgan fingerprint density at radius 1 is 1.46 bits per heavy atom. The maximum absolute atomic E-state index is 5.42. The minimum Gasteiger partial charge on any atom is -0.381 e. The molecular formula is C10H18ClNO. The summed E-state index contributed by atoms with van der Waals surface area (Å²) in [4.78, 5) is 0. The number of rotatable bonds is 4. The molecule has 2 nitrogen and oxygen atoms in total. The van der Waals surface area contributed by atoms with E-state index < -0.39 is 0 Å². The molecule has 1 aliphatic rings. The lowest BCUT2D eigenvalue weighted by Crippen LogP contribution is -2.36. The summed E-state index contributed by atoms with van der Waals surface area (Å²) in [6.07, 6.45) is 4.24. The number of halogens is 1. The van der Waals surface area contributed by atoms with Crippen LogP contribution in [0.15, 0.2) is 11.6 Å². The highest BCUT2D eigenvalue weighted by Gasteiger charge is 2.26. The average Bonchev–Trinajstić information content (AvgIpc) is 2.14. The van der Waals surface area contributed by atoms with E-state index in [-0.39, 0.29) is 0 Å². The minimum atomic E-state index is 0.415. The molecule has 0 bridgehead atoms. The molecule has 0 atom stereocenters. The fourth-order valence-corrected chi connectivity index (χ4v) is 1.63. The van der Waals surface area contributed by atoms with Crippen molar-refractivity contribution >= 4 is 11.6 Å². The second-order valence-electron chi connectivity index (χ2n) is 3.92. The normalized spacial score (nSPS) is 22.3. The summed E-state index contributed by atoms with van der Waals surface area (Å²) in [6.45, 7) is 6.04. The first-order valence-corrected chi connectivity index (χ1v) is 5.24. The maximum Gasteiger partial charge on any atom is 0.0471 e. The van der Waals surface area contributed by atoms with Crippen LogP contribution in [0.2, 0.25) is 0 Å². The first-order valence-electron chi connectivity index (χ1n) is 4.80. The van der Waals surface area contributed by atoms with Crippen molar-refractivity contribution in [3.05, 3.63) is 11.6 Å². The van der Waals surface area contributed by atoms with Crippen LogP contribution in [0, 0.1) is 5.41 Å². The van der Waals surface area contributed by atoms with E-state index in [1.165, 1.54) is 0 Å². The summed E-state index contributed by atoms with van der Waals surface area (Å²) in [5.41, 5.74) is 1.97. The summed E-state index contributed by atoms with van der Waals surface area (Å²) in [5, 5.41) is 3.37. The van der Waals surface area contributed by atoms with Crippen LogP contribution < -0.4 is 5.32 Å². The molecule has 3 heteroatoms. The lowest BCUT2D eigenvalue weighted by atomic mass is 9.82. The third kappa shape index (κ3) is 4.12. The quantitative estimate of drug-likeness (QED) is 0.707. The molecule has 0 radical (unpaired) electrons. The van der Waals surface area contributed by atoms with Gasteiger partial charge in [0.1, 0.15) is 0 Å². The Labute approximate surface area is 85.3 Å². The van der Waals surface area contributed by atoms with Crippen LogP contribution in [0.25, 0.3) is 0 Å². The van der Waals surface area contributed by atoms with Crippen LogP contribution >= 0.6 is 11.6 Å². The van der Waals surface area contributed by atoms with Crippen molar-refractivity contribution in [1.29, 1.82) is 0 Å². The van der Waals surface area contributed by atoms with Gasteiger partial charge in [-0.1, -0.05) is 24.6 Å². The molecule has 76 valence electrons. The summed E-state index contributed by atoms with van der Waals surface area (Å²) in [5.74, 6) is 0. The van der Waals surface area contributed by atoms with Crippen LogP contribution in [0.1, 0.15) is 19.8 Å². The molecule has 1 N–H and O–H groups in total. The molecule has 1 saturated heterocycles. The second-order valence-corrected chi connectivity index (χ2v) is 4.17. The lowest BCUT2D eigenvalue weighted by Gasteiger charge is -2.33. The zero-order valence-electron chi connectivity index (χ0n) is 8.18. The van der Waals surface area contributed by atoms with Gasteiger partial charge in [0, 0.05) is 31.8 Å². The van der Waals surface area contributed by atoms with Crippen molar-refractivity contribution in [3.63, 3.8) is 0 Å². The van der Waals surface area contributed by atoms with Crippen LogP contribution in [-0.2, 0) is 4.74 Å². The van der Waals surface area contributed by atoms with Crippen molar-refractivity contribution in [2.45, 2.75) is 19.8 Å². The summed E-state index contributed by atoms with van der Waals surface area (Å²) < 4.78 is 5.33. The summed E-state index contributed by atoms with van der Waals surface area (Å²) in [7, 11) is 0. The van der Waals surface area contributed by atoms with Gasteiger partial charge < -0.3 is 10.1 Å². The Morgan fingerprint density at radius 3 is 2.77 bits per heavy atom. The van der Waals surface area contributed by atoms with E-state index in [1.807, 2.05) is 6.08 Å². The highest BCUT2D eigenvalue weighted by atomic mass is 35.5. The fourth-order valence-electron chi connectivity index (χ4n) is 1.54. The highest BCUT2D eigenvalue weighted by molar-refractivity contribution is 6.25. The standard InChI is InChI=1S/C10H18ClNO/c1-10(3-7-13-8-4-10)9-12-6-2-5-11/h2,5,12H,3-4,6-9H2,1H3/b5-2+. The predicted molar refractivity (Wildman–Crippen MR) is 56.0 cm³/mol. The van der Waals surface area contributed by atoms with Gasteiger partial charge in [-0.15, -0.1) is 0 Å². The molecule has 0 spiro atoms. The Balaban J connectivity index is 2.17. The monoisotopic (exact) mass is 203 g/mol. The first kappa shape index (κ1) is 11.0. The van der Waals surface area contributed by atoms with E-state index >= 15 is 0 Å². The smallest absolute Gasteiger partial charge is 0.0471 e. The summed E-state index contributed by atoms with van der Waals surface area (Å²) >= 11 is 5.42. The van der Waals surface area contributed by atoms with Gasteiger partial charge in [0.25, 0.3) is 0 Å². The summed E-state index contributed by atoms with van der Waals surface area (Å²) in [6, 6.07) is 0. The van der Waals surface area contributed by atoms with Crippen LogP contribution in [0.3, 0.4) is 0 Å². The number of nitrogens with one attached hydrogen (secondary N) is 1. The zero-order valence-corrected chi connectivity index (χ0v) is 8.94. The fraction of sp³-hybridized carbons (Fsp3) is 0.800. The largest absolute Gasteiger partial charge is 0.381 e. The lowest BCUT2D eigenvalue weighted by molar-refractivity contribution is 0.0246. The van der Waals surface area contributed by atoms with Gasteiger partial charge in [0.2, 0.25) is 0 Å². The number of ether oxygens (including phenoxy) is 1. The third-order valence-electron chi connectivity index (χ3n) is 2.60. The Hall–Kier alpha value is -0.0500. The number of hydrogen-bond donors (Lipinski definition) is 1. The zero-order chi connectivity index (χ0) is 9.57. The third-order valence-corrected chi connectivity index (χ3v) is 2.78. The molecule has 1 aliphatic heterocycles. The topological polar surface area (TPSA) is 21.3 Å². The highest BCUT2D eigenvalue weighted by Crippen LogP contribution is 2.28. The van der Waals surface area contributed by atoms with Gasteiger partial charge in [0.15, 0.2) is 0 Å². The van der Waals surface area contributed by atoms with Gasteiger partial charge in [-0.25, -0.2) is 0 Å². The van der Waals surface area contributed by atoms with Crippen molar-refractivity contribution in [3.8, 4) is 0 Å². The molecule has 1 fully saturated rings. The van der Waals surface area contributed by atoms with Crippen LogP contribution in [0.5, 0.6) is 0 Å². The molecule has 0 aromatic heterocycles. The molecule has 1 rings (SSSR count). The maximum atomic E-state index is 5.42. The average molecular weight is 204 g/mol. The van der Waals surface area contributed by atoms with Crippen LogP contribution in [-0.4, -0.2) is 26.3 Å². The van der Waals surface area contributed by atoms with Gasteiger partial charge in [-0.2, -0.15) is 0 Å².